The molecule has 1 fully saturated rings. The fourth-order valence-corrected chi connectivity index (χ4v) is 2.64. The first-order valence-corrected chi connectivity index (χ1v) is 6.93. The summed E-state index contributed by atoms with van der Waals surface area (Å²) in [6.07, 6.45) is 1.80. The third-order valence-electron chi connectivity index (χ3n) is 3.83. The van der Waals surface area contributed by atoms with Gasteiger partial charge in [0.25, 0.3) is 5.91 Å². The van der Waals surface area contributed by atoms with Crippen LogP contribution >= 0.6 is 0 Å². The van der Waals surface area contributed by atoms with Gasteiger partial charge in [0.2, 0.25) is 0 Å². The maximum absolute atomic E-state index is 11.7. The highest BCUT2D eigenvalue weighted by Crippen LogP contribution is 2.33. The molecule has 1 saturated carbocycles. The lowest BCUT2D eigenvalue weighted by atomic mass is 9.91. The number of carbonyl (C=O) groups excluding carboxylic acids is 1. The Morgan fingerprint density at radius 2 is 2.05 bits per heavy atom. The highest BCUT2D eigenvalue weighted by atomic mass is 16.3. The molecule has 5 nitrogen and oxygen atoms in total. The zero-order valence-corrected chi connectivity index (χ0v) is 11.4. The van der Waals surface area contributed by atoms with Crippen LogP contribution in [-0.2, 0) is 6.42 Å². The zero-order valence-electron chi connectivity index (χ0n) is 11.4. The molecule has 110 valence electrons. The molecule has 0 aliphatic heterocycles. The van der Waals surface area contributed by atoms with Gasteiger partial charge in [0.05, 0.1) is 18.3 Å². The Morgan fingerprint density at radius 1 is 1.35 bits per heavy atom. The molecule has 1 aromatic rings. The molecule has 1 aliphatic rings. The average molecular weight is 279 g/mol. The normalized spacial score (nSPS) is 25.6. The van der Waals surface area contributed by atoms with Crippen molar-refractivity contribution in [1.29, 1.82) is 0 Å². The first kappa shape index (κ1) is 15.0. The molecule has 5 heteroatoms. The van der Waals surface area contributed by atoms with Crippen molar-refractivity contribution in [3.63, 3.8) is 0 Å². The Balaban J connectivity index is 1.99. The van der Waals surface area contributed by atoms with Crippen molar-refractivity contribution in [2.45, 2.75) is 37.4 Å². The molecular formula is C15H21NO4. The second-order valence-electron chi connectivity index (χ2n) is 5.36. The minimum absolute atomic E-state index is 0.0885. The summed E-state index contributed by atoms with van der Waals surface area (Å²) in [5.74, 6) is -0.231. The van der Waals surface area contributed by atoms with Gasteiger partial charge in [0.15, 0.2) is 0 Å². The number of rotatable bonds is 5. The zero-order chi connectivity index (χ0) is 14.6. The number of aliphatic hydroxyl groups is 3. The highest BCUT2D eigenvalue weighted by Gasteiger charge is 2.39. The first-order valence-electron chi connectivity index (χ1n) is 6.93. The van der Waals surface area contributed by atoms with Crippen molar-refractivity contribution in [3.05, 3.63) is 35.4 Å². The van der Waals surface area contributed by atoms with E-state index in [1.165, 1.54) is 0 Å². The summed E-state index contributed by atoms with van der Waals surface area (Å²) >= 11 is 0. The van der Waals surface area contributed by atoms with Crippen LogP contribution in [0.5, 0.6) is 0 Å². The molecule has 2 atom stereocenters. The van der Waals surface area contributed by atoms with Gasteiger partial charge in [-0.05, 0) is 37.0 Å². The molecule has 0 saturated heterocycles. The van der Waals surface area contributed by atoms with Crippen LogP contribution in [0.15, 0.2) is 24.3 Å². The van der Waals surface area contributed by atoms with Gasteiger partial charge in [-0.2, -0.15) is 0 Å². The van der Waals surface area contributed by atoms with Crippen LogP contribution in [0.4, 0.5) is 0 Å². The molecule has 0 bridgehead atoms. The summed E-state index contributed by atoms with van der Waals surface area (Å²) < 4.78 is 0. The maximum atomic E-state index is 11.7. The largest absolute Gasteiger partial charge is 0.395 e. The minimum atomic E-state index is -1.04. The molecule has 20 heavy (non-hydrogen) atoms. The Kier molecular flexibility index (Phi) is 4.75. The van der Waals surface area contributed by atoms with E-state index in [1.54, 1.807) is 24.3 Å². The van der Waals surface area contributed by atoms with Gasteiger partial charge in [0, 0.05) is 18.5 Å². The van der Waals surface area contributed by atoms with Crippen molar-refractivity contribution < 1.29 is 20.1 Å². The number of carbonyl (C=O) groups is 1. The summed E-state index contributed by atoms with van der Waals surface area (Å²) in [5.41, 5.74) is 0.369. The topological polar surface area (TPSA) is 89.8 Å². The number of nitrogens with one attached hydrogen (secondary N) is 1. The van der Waals surface area contributed by atoms with Crippen molar-refractivity contribution in [1.82, 2.24) is 5.32 Å². The number of amides is 1. The maximum Gasteiger partial charge on any atom is 0.251 e. The quantitative estimate of drug-likeness (QED) is 0.621. The van der Waals surface area contributed by atoms with Crippen LogP contribution < -0.4 is 5.32 Å². The van der Waals surface area contributed by atoms with Gasteiger partial charge in [-0.3, -0.25) is 4.79 Å². The Hall–Kier alpha value is -1.43. The lowest BCUT2D eigenvalue weighted by molar-refractivity contribution is -0.0521. The van der Waals surface area contributed by atoms with E-state index in [0.29, 0.717) is 24.8 Å². The third-order valence-corrected chi connectivity index (χ3v) is 3.83. The summed E-state index contributed by atoms with van der Waals surface area (Å²) in [6.45, 7) is 0.140. The van der Waals surface area contributed by atoms with E-state index in [4.69, 9.17) is 5.11 Å². The van der Waals surface area contributed by atoms with Crippen LogP contribution in [-0.4, -0.2) is 46.1 Å². The summed E-state index contributed by atoms with van der Waals surface area (Å²) in [5, 5.41) is 31.4. The molecule has 2 rings (SSSR count). The molecule has 4 N–H and O–H groups in total. The lowest BCUT2D eigenvalue weighted by Crippen LogP contribution is -2.39. The Labute approximate surface area is 118 Å². The van der Waals surface area contributed by atoms with Crippen LogP contribution in [0.2, 0.25) is 0 Å². The van der Waals surface area contributed by atoms with Crippen molar-refractivity contribution in [3.8, 4) is 0 Å². The summed E-state index contributed by atoms with van der Waals surface area (Å²) in [7, 11) is 0. The van der Waals surface area contributed by atoms with Gasteiger partial charge in [-0.25, -0.2) is 0 Å². The number of hydrogen-bond donors (Lipinski definition) is 4. The fourth-order valence-electron chi connectivity index (χ4n) is 2.64. The fraction of sp³-hybridized carbons (Fsp3) is 0.533. The van der Waals surface area contributed by atoms with E-state index in [1.807, 2.05) is 0 Å². The minimum Gasteiger partial charge on any atom is -0.395 e. The molecule has 1 aliphatic carbocycles. The van der Waals surface area contributed by atoms with E-state index in [2.05, 4.69) is 5.32 Å². The SMILES string of the molecule is O=C(NCCO)c1ccc(C[C@]2(O)CCC[C@@H]2O)cc1. The van der Waals surface area contributed by atoms with Crippen LogP contribution in [0.3, 0.4) is 0 Å². The monoisotopic (exact) mass is 279 g/mol. The van der Waals surface area contributed by atoms with Gasteiger partial charge in [-0.15, -0.1) is 0 Å². The van der Waals surface area contributed by atoms with Crippen molar-refractivity contribution >= 4 is 5.91 Å². The number of benzene rings is 1. The summed E-state index contributed by atoms with van der Waals surface area (Å²) in [6, 6.07) is 6.95. The molecule has 1 aromatic carbocycles. The smallest absolute Gasteiger partial charge is 0.251 e. The predicted octanol–water partition coefficient (Wildman–Crippen LogP) is 0.227. The molecule has 0 unspecified atom stereocenters. The molecular weight excluding hydrogens is 258 g/mol. The molecule has 0 spiro atoms. The molecule has 0 heterocycles. The molecule has 0 aromatic heterocycles. The second kappa shape index (κ2) is 6.35. The van der Waals surface area contributed by atoms with Crippen LogP contribution in [0, 0.1) is 0 Å². The summed E-state index contributed by atoms with van der Waals surface area (Å²) in [4.78, 5) is 11.7. The van der Waals surface area contributed by atoms with E-state index in [0.717, 1.165) is 12.0 Å². The third kappa shape index (κ3) is 3.36. The van der Waals surface area contributed by atoms with Gasteiger partial charge < -0.3 is 20.6 Å². The molecule has 0 radical (unpaired) electrons. The lowest BCUT2D eigenvalue weighted by Gasteiger charge is -2.26. The van der Waals surface area contributed by atoms with Crippen molar-refractivity contribution in [2.75, 3.05) is 13.2 Å². The van der Waals surface area contributed by atoms with Crippen molar-refractivity contribution in [2.24, 2.45) is 0 Å². The number of hydrogen-bond acceptors (Lipinski definition) is 4. The standard InChI is InChI=1S/C15H21NO4/c17-9-8-16-14(19)12-5-3-11(4-6-12)10-15(20)7-1-2-13(15)18/h3-6,13,17-18,20H,1-2,7-10H2,(H,16,19)/t13-,15+/m0/s1. The van der Waals surface area contributed by atoms with E-state index in [9.17, 15) is 15.0 Å². The van der Waals surface area contributed by atoms with Crippen LogP contribution in [0.25, 0.3) is 0 Å². The van der Waals surface area contributed by atoms with E-state index < -0.39 is 11.7 Å². The number of aliphatic hydroxyl groups excluding tert-OH is 2. The molecule has 1 amide bonds. The average Bonchev–Trinajstić information content (AvgIpc) is 2.76. The van der Waals surface area contributed by atoms with Gasteiger partial charge in [0.1, 0.15) is 0 Å². The van der Waals surface area contributed by atoms with E-state index in [-0.39, 0.29) is 19.1 Å². The predicted molar refractivity (Wildman–Crippen MR) is 74.4 cm³/mol. The Morgan fingerprint density at radius 3 is 2.60 bits per heavy atom. The Bertz CT molecular complexity index is 459. The highest BCUT2D eigenvalue weighted by molar-refractivity contribution is 5.94. The van der Waals surface area contributed by atoms with Crippen LogP contribution in [0.1, 0.15) is 35.2 Å². The van der Waals surface area contributed by atoms with E-state index >= 15 is 0 Å². The second-order valence-corrected chi connectivity index (χ2v) is 5.36. The first-order chi connectivity index (χ1) is 9.55. The van der Waals surface area contributed by atoms with Gasteiger partial charge in [-0.1, -0.05) is 12.1 Å². The van der Waals surface area contributed by atoms with Gasteiger partial charge >= 0.3 is 0 Å².